The van der Waals surface area contributed by atoms with Crippen LogP contribution in [0.15, 0.2) is 74.0 Å². The number of rotatable bonds is 6. The topological polar surface area (TPSA) is 110 Å². The molecule has 0 spiro atoms. The molecule has 10 heteroatoms. The monoisotopic (exact) mass is 532 g/mol. The second-order valence-corrected chi connectivity index (χ2v) is 10.5. The van der Waals surface area contributed by atoms with Crippen molar-refractivity contribution in [3.05, 3.63) is 85.2 Å². The molecule has 0 saturated carbocycles. The summed E-state index contributed by atoms with van der Waals surface area (Å²) in [5, 5.41) is 7.55. The van der Waals surface area contributed by atoms with Crippen LogP contribution in [-0.4, -0.2) is 52.4 Å². The van der Waals surface area contributed by atoms with E-state index in [1.165, 1.54) is 12.4 Å². The first-order valence-corrected chi connectivity index (χ1v) is 13.5. The van der Waals surface area contributed by atoms with Gasteiger partial charge in [0.2, 0.25) is 5.91 Å². The summed E-state index contributed by atoms with van der Waals surface area (Å²) in [6, 6.07) is 14.2. The number of aromatic nitrogens is 6. The number of hydrogen-bond donors (Lipinski definition) is 1. The third-order valence-electron chi connectivity index (χ3n) is 8.00. The third-order valence-corrected chi connectivity index (χ3v) is 8.00. The summed E-state index contributed by atoms with van der Waals surface area (Å²) in [6.45, 7) is 5.69. The van der Waals surface area contributed by atoms with Crippen LogP contribution in [0.3, 0.4) is 0 Å². The lowest BCUT2D eigenvalue weighted by molar-refractivity contribution is -0.130. The van der Waals surface area contributed by atoms with Gasteiger partial charge < -0.3 is 15.0 Å². The van der Waals surface area contributed by atoms with Crippen LogP contribution in [0.25, 0.3) is 16.7 Å². The molecule has 0 aliphatic carbocycles. The van der Waals surface area contributed by atoms with Gasteiger partial charge in [-0.2, -0.15) is 5.10 Å². The molecule has 5 aromatic rings. The van der Waals surface area contributed by atoms with Crippen molar-refractivity contribution in [2.24, 2.45) is 0 Å². The number of hydrogen-bond acceptors (Lipinski definition) is 8. The molecule has 4 aromatic heterocycles. The highest BCUT2D eigenvalue weighted by atomic mass is 16.5. The van der Waals surface area contributed by atoms with Crippen molar-refractivity contribution >= 4 is 34.1 Å². The van der Waals surface area contributed by atoms with Gasteiger partial charge in [-0.1, -0.05) is 6.58 Å². The molecule has 2 bridgehead atoms. The first-order valence-electron chi connectivity index (χ1n) is 13.5. The summed E-state index contributed by atoms with van der Waals surface area (Å²) in [4.78, 5) is 32.7. The molecule has 0 radical (unpaired) electrons. The highest BCUT2D eigenvalue weighted by Gasteiger charge is 2.43. The minimum Gasteiger partial charge on any atom is -0.457 e. The van der Waals surface area contributed by atoms with Crippen molar-refractivity contribution in [3.8, 4) is 11.5 Å². The summed E-state index contributed by atoms with van der Waals surface area (Å²) >= 11 is 0. The zero-order valence-corrected chi connectivity index (χ0v) is 22.1. The molecule has 1 aromatic carbocycles. The van der Waals surface area contributed by atoms with Crippen LogP contribution in [-0.2, 0) is 4.79 Å². The number of fused-ring (bicyclic) bond motifs is 4. The molecule has 6 heterocycles. The number of aryl methyl sites for hydroxylation is 1. The Hall–Kier alpha value is -4.86. The van der Waals surface area contributed by atoms with Crippen LogP contribution >= 0.6 is 0 Å². The summed E-state index contributed by atoms with van der Waals surface area (Å²) in [5.74, 6) is 2.42. The minimum atomic E-state index is 0.0420. The number of carbonyl (C=O) groups excluding carboxylic acids is 1. The van der Waals surface area contributed by atoms with Gasteiger partial charge in [0.25, 0.3) is 0 Å². The summed E-state index contributed by atoms with van der Waals surface area (Å²) < 4.78 is 7.81. The Morgan fingerprint density at radius 2 is 1.90 bits per heavy atom. The van der Waals surface area contributed by atoms with E-state index in [9.17, 15) is 4.79 Å². The second-order valence-electron chi connectivity index (χ2n) is 10.5. The van der Waals surface area contributed by atoms with E-state index < -0.39 is 0 Å². The number of carbonyl (C=O) groups is 1. The summed E-state index contributed by atoms with van der Waals surface area (Å²) in [6.07, 6.45) is 10.2. The Morgan fingerprint density at radius 1 is 1.05 bits per heavy atom. The second kappa shape index (κ2) is 9.71. The fourth-order valence-corrected chi connectivity index (χ4v) is 6.12. The van der Waals surface area contributed by atoms with Gasteiger partial charge in [0.15, 0.2) is 11.5 Å². The van der Waals surface area contributed by atoms with Crippen molar-refractivity contribution < 1.29 is 9.53 Å². The SMILES string of the molecule is C=CC(=O)N1[C@@H]2CC[C@H]1C[C@@H](c1ccc3ncnc(Nc4ccc(Oc5ccn6ncnc6c5)c(C)c4)c3n1)C2. The number of anilines is 2. The van der Waals surface area contributed by atoms with Crippen LogP contribution < -0.4 is 10.1 Å². The van der Waals surface area contributed by atoms with Gasteiger partial charge in [-0.05, 0) is 80.6 Å². The predicted octanol–water partition coefficient (Wildman–Crippen LogP) is 5.33. The Balaban J connectivity index is 1.12. The van der Waals surface area contributed by atoms with E-state index in [0.717, 1.165) is 65.1 Å². The zero-order valence-electron chi connectivity index (χ0n) is 22.1. The maximum Gasteiger partial charge on any atom is 0.246 e. The number of amides is 1. The van der Waals surface area contributed by atoms with Gasteiger partial charge in [0.05, 0.1) is 5.52 Å². The number of benzene rings is 1. The normalized spacial score (nSPS) is 20.1. The largest absolute Gasteiger partial charge is 0.457 e. The molecule has 0 unspecified atom stereocenters. The van der Waals surface area contributed by atoms with Crippen molar-refractivity contribution in [2.45, 2.75) is 50.6 Å². The fourth-order valence-electron chi connectivity index (χ4n) is 6.12. The number of nitrogens with one attached hydrogen (secondary N) is 1. The first-order chi connectivity index (χ1) is 19.6. The molecule has 1 amide bonds. The van der Waals surface area contributed by atoms with Crippen LogP contribution in [0, 0.1) is 6.92 Å². The molecular weight excluding hydrogens is 504 g/mol. The van der Waals surface area contributed by atoms with Gasteiger partial charge >= 0.3 is 0 Å². The van der Waals surface area contributed by atoms with E-state index in [1.807, 2.05) is 54.4 Å². The van der Waals surface area contributed by atoms with Gasteiger partial charge in [-0.15, -0.1) is 0 Å². The zero-order chi connectivity index (χ0) is 27.2. The highest BCUT2D eigenvalue weighted by Crippen LogP contribution is 2.43. The van der Waals surface area contributed by atoms with E-state index in [0.29, 0.717) is 17.5 Å². The van der Waals surface area contributed by atoms with Gasteiger partial charge in [0, 0.05) is 41.6 Å². The average molecular weight is 533 g/mol. The van der Waals surface area contributed by atoms with Crippen LogP contribution in [0.4, 0.5) is 11.5 Å². The van der Waals surface area contributed by atoms with Crippen LogP contribution in [0.5, 0.6) is 11.5 Å². The van der Waals surface area contributed by atoms with Crippen molar-refractivity contribution in [1.82, 2.24) is 34.4 Å². The molecule has 3 atom stereocenters. The standard InChI is InChI=1S/C30H28N8O2/c1-3-28(39)38-21-5-6-22(38)14-19(13-21)24-7-8-25-29(36-24)30(33-16-31-25)35-20-4-9-26(18(2)12-20)40-23-10-11-37-27(15-23)32-17-34-37/h3-4,7-12,15-17,19,21-22H,1,5-6,13-14H2,2H3,(H,31,33,35)/t19-,21+,22-. The van der Waals surface area contributed by atoms with Gasteiger partial charge in [-0.3, -0.25) is 4.79 Å². The quantitative estimate of drug-likeness (QED) is 0.292. The van der Waals surface area contributed by atoms with Gasteiger partial charge in [-0.25, -0.2) is 24.5 Å². The Labute approximate surface area is 230 Å². The third kappa shape index (κ3) is 4.31. The molecule has 10 nitrogen and oxygen atoms in total. The molecule has 2 fully saturated rings. The molecule has 40 heavy (non-hydrogen) atoms. The van der Waals surface area contributed by atoms with E-state index in [-0.39, 0.29) is 18.0 Å². The highest BCUT2D eigenvalue weighted by molar-refractivity contribution is 5.88. The lowest BCUT2D eigenvalue weighted by Crippen LogP contribution is -2.45. The van der Waals surface area contributed by atoms with Crippen molar-refractivity contribution in [2.75, 3.05) is 5.32 Å². The average Bonchev–Trinajstić information content (AvgIpc) is 3.54. The van der Waals surface area contributed by atoms with E-state index >= 15 is 0 Å². The summed E-state index contributed by atoms with van der Waals surface area (Å²) in [7, 11) is 0. The number of ether oxygens (including phenoxy) is 1. The van der Waals surface area contributed by atoms with E-state index in [1.54, 1.807) is 10.8 Å². The number of piperidine rings is 1. The Bertz CT molecular complexity index is 1750. The minimum absolute atomic E-state index is 0.0420. The maximum atomic E-state index is 12.4. The molecule has 7 rings (SSSR count). The molecule has 2 saturated heterocycles. The van der Waals surface area contributed by atoms with Crippen LogP contribution in [0.1, 0.15) is 42.9 Å². The van der Waals surface area contributed by atoms with Crippen LogP contribution in [0.2, 0.25) is 0 Å². The molecule has 2 aliphatic heterocycles. The number of nitrogens with zero attached hydrogens (tertiary/aromatic N) is 7. The van der Waals surface area contributed by atoms with E-state index in [4.69, 9.17) is 9.72 Å². The first kappa shape index (κ1) is 24.2. The lowest BCUT2D eigenvalue weighted by atomic mass is 9.87. The van der Waals surface area contributed by atoms with Crippen molar-refractivity contribution in [3.63, 3.8) is 0 Å². The maximum absolute atomic E-state index is 12.4. The predicted molar refractivity (Wildman–Crippen MR) is 151 cm³/mol. The molecule has 2 aliphatic rings. The number of pyridine rings is 2. The Kier molecular flexibility index (Phi) is 5.87. The lowest BCUT2D eigenvalue weighted by Gasteiger charge is -2.38. The molecular formula is C30H28N8O2. The molecule has 1 N–H and O–H groups in total. The Morgan fingerprint density at radius 3 is 2.70 bits per heavy atom. The van der Waals surface area contributed by atoms with Crippen molar-refractivity contribution in [1.29, 1.82) is 0 Å². The molecule has 200 valence electrons. The van der Waals surface area contributed by atoms with E-state index in [2.05, 4.69) is 38.0 Å². The van der Waals surface area contributed by atoms with Gasteiger partial charge in [0.1, 0.15) is 29.7 Å². The summed E-state index contributed by atoms with van der Waals surface area (Å²) in [5.41, 5.74) is 5.10. The fraction of sp³-hybridized carbons (Fsp3) is 0.267. The smallest absolute Gasteiger partial charge is 0.246 e.